The quantitative estimate of drug-likeness (QED) is 0.475. The first-order valence-corrected chi connectivity index (χ1v) is 13.4. The second-order valence-electron chi connectivity index (χ2n) is 8.68. The Balaban J connectivity index is 1.38. The highest BCUT2D eigenvalue weighted by molar-refractivity contribution is 7.93. The van der Waals surface area contributed by atoms with Gasteiger partial charge in [-0.05, 0) is 61.1 Å². The van der Waals surface area contributed by atoms with Crippen LogP contribution in [0.25, 0.3) is 0 Å². The van der Waals surface area contributed by atoms with Crippen molar-refractivity contribution in [3.63, 3.8) is 0 Å². The van der Waals surface area contributed by atoms with Crippen LogP contribution in [-0.2, 0) is 21.2 Å². The fourth-order valence-electron chi connectivity index (χ4n) is 4.30. The summed E-state index contributed by atoms with van der Waals surface area (Å²) >= 11 is 0. The van der Waals surface area contributed by atoms with Crippen molar-refractivity contribution in [1.29, 1.82) is 0 Å². The minimum absolute atomic E-state index is 0.324. The molecule has 178 valence electrons. The first kappa shape index (κ1) is 23.8. The SMILES string of the molecule is O=C(CS(=O)(=O)Nc1ccc(N2CCCCC2)cc1)NC(Cc1ccccc1)c1ccccc1. The van der Waals surface area contributed by atoms with E-state index in [9.17, 15) is 13.2 Å². The lowest BCUT2D eigenvalue weighted by Crippen LogP contribution is -2.36. The molecule has 2 N–H and O–H groups in total. The van der Waals surface area contributed by atoms with E-state index in [1.54, 1.807) is 12.1 Å². The molecular weight excluding hydrogens is 446 g/mol. The Labute approximate surface area is 202 Å². The third kappa shape index (κ3) is 6.84. The molecule has 0 bridgehead atoms. The maximum atomic E-state index is 12.7. The van der Waals surface area contributed by atoms with Gasteiger partial charge in [0, 0.05) is 24.5 Å². The molecule has 0 spiro atoms. The van der Waals surface area contributed by atoms with Crippen molar-refractivity contribution in [3.8, 4) is 0 Å². The molecule has 1 fully saturated rings. The van der Waals surface area contributed by atoms with Crippen LogP contribution in [0.1, 0.15) is 36.4 Å². The van der Waals surface area contributed by atoms with Crippen molar-refractivity contribution < 1.29 is 13.2 Å². The highest BCUT2D eigenvalue weighted by atomic mass is 32.2. The molecule has 3 aromatic carbocycles. The Hall–Kier alpha value is -3.32. The van der Waals surface area contributed by atoms with Crippen LogP contribution >= 0.6 is 0 Å². The molecule has 3 aromatic rings. The number of carbonyl (C=O) groups is 1. The Kier molecular flexibility index (Phi) is 7.85. The van der Waals surface area contributed by atoms with Gasteiger partial charge in [0.25, 0.3) is 0 Å². The monoisotopic (exact) mass is 477 g/mol. The van der Waals surface area contributed by atoms with Gasteiger partial charge < -0.3 is 10.2 Å². The van der Waals surface area contributed by atoms with Gasteiger partial charge >= 0.3 is 0 Å². The van der Waals surface area contributed by atoms with E-state index in [4.69, 9.17) is 0 Å². The predicted octanol–water partition coefficient (Wildman–Crippen LogP) is 4.52. The van der Waals surface area contributed by atoms with Crippen LogP contribution in [0.15, 0.2) is 84.9 Å². The van der Waals surface area contributed by atoms with Crippen molar-refractivity contribution in [3.05, 3.63) is 96.1 Å². The van der Waals surface area contributed by atoms with Crippen LogP contribution in [0, 0.1) is 0 Å². The minimum atomic E-state index is -3.85. The average Bonchev–Trinajstić information content (AvgIpc) is 2.85. The van der Waals surface area contributed by atoms with Gasteiger partial charge in [-0.15, -0.1) is 0 Å². The van der Waals surface area contributed by atoms with Crippen molar-refractivity contribution in [2.75, 3.05) is 28.5 Å². The topological polar surface area (TPSA) is 78.5 Å². The molecule has 1 amide bonds. The second-order valence-corrected chi connectivity index (χ2v) is 10.4. The third-order valence-electron chi connectivity index (χ3n) is 6.00. The van der Waals surface area contributed by atoms with E-state index in [2.05, 4.69) is 14.9 Å². The normalized spacial score (nSPS) is 14.9. The first-order valence-electron chi connectivity index (χ1n) is 11.7. The van der Waals surface area contributed by atoms with E-state index >= 15 is 0 Å². The summed E-state index contributed by atoms with van der Waals surface area (Å²) in [5.41, 5.74) is 3.54. The smallest absolute Gasteiger partial charge is 0.241 e. The molecule has 6 nitrogen and oxygen atoms in total. The van der Waals surface area contributed by atoms with Gasteiger partial charge in [-0.25, -0.2) is 8.42 Å². The molecule has 1 atom stereocenters. The summed E-state index contributed by atoms with van der Waals surface area (Å²) in [6, 6.07) is 26.5. The number of nitrogens with zero attached hydrogens (tertiary/aromatic N) is 1. The lowest BCUT2D eigenvalue weighted by Gasteiger charge is -2.28. The number of hydrogen-bond donors (Lipinski definition) is 2. The highest BCUT2D eigenvalue weighted by Crippen LogP contribution is 2.23. The van der Waals surface area contributed by atoms with Crippen LogP contribution in [0.4, 0.5) is 11.4 Å². The molecule has 0 saturated carbocycles. The lowest BCUT2D eigenvalue weighted by molar-refractivity contribution is -0.119. The fraction of sp³-hybridized carbons (Fsp3) is 0.296. The number of sulfonamides is 1. The number of carbonyl (C=O) groups excluding carboxylic acids is 1. The van der Waals surface area contributed by atoms with Crippen LogP contribution < -0.4 is 14.9 Å². The zero-order valence-electron chi connectivity index (χ0n) is 19.2. The number of rotatable bonds is 9. The second kappa shape index (κ2) is 11.2. The van der Waals surface area contributed by atoms with E-state index in [0.29, 0.717) is 12.1 Å². The van der Waals surface area contributed by atoms with Gasteiger partial charge in [0.2, 0.25) is 15.9 Å². The number of nitrogens with one attached hydrogen (secondary N) is 2. The number of benzene rings is 3. The van der Waals surface area contributed by atoms with Crippen LogP contribution in [0.5, 0.6) is 0 Å². The molecular formula is C27H31N3O3S. The summed E-state index contributed by atoms with van der Waals surface area (Å²) in [6.45, 7) is 2.05. The Morgan fingerprint density at radius 3 is 2.09 bits per heavy atom. The van der Waals surface area contributed by atoms with Gasteiger partial charge in [0.05, 0.1) is 6.04 Å². The summed E-state index contributed by atoms with van der Waals surface area (Å²) in [4.78, 5) is 15.1. The number of amides is 1. The average molecular weight is 478 g/mol. The van der Waals surface area contributed by atoms with Crippen molar-refractivity contribution in [1.82, 2.24) is 5.32 Å². The Bertz CT molecular complexity index is 1160. The highest BCUT2D eigenvalue weighted by Gasteiger charge is 2.21. The largest absolute Gasteiger partial charge is 0.372 e. The summed E-state index contributed by atoms with van der Waals surface area (Å²) in [7, 11) is -3.85. The fourth-order valence-corrected chi connectivity index (χ4v) is 5.30. The number of piperidine rings is 1. The van der Waals surface area contributed by atoms with Crippen LogP contribution in [0.3, 0.4) is 0 Å². The predicted molar refractivity (Wildman–Crippen MR) is 137 cm³/mol. The molecule has 1 saturated heterocycles. The molecule has 0 aromatic heterocycles. The van der Waals surface area contributed by atoms with Gasteiger partial charge in [-0.3, -0.25) is 9.52 Å². The molecule has 0 aliphatic carbocycles. The van der Waals surface area contributed by atoms with E-state index < -0.39 is 21.7 Å². The third-order valence-corrected chi connectivity index (χ3v) is 7.19. The Morgan fingerprint density at radius 2 is 1.44 bits per heavy atom. The van der Waals surface area contributed by atoms with Gasteiger partial charge in [-0.1, -0.05) is 60.7 Å². The molecule has 1 heterocycles. The molecule has 7 heteroatoms. The number of hydrogen-bond acceptors (Lipinski definition) is 4. The molecule has 1 aliphatic heterocycles. The van der Waals surface area contributed by atoms with Crippen molar-refractivity contribution >= 4 is 27.3 Å². The van der Waals surface area contributed by atoms with E-state index in [-0.39, 0.29) is 6.04 Å². The zero-order chi connectivity index (χ0) is 23.8. The molecule has 1 unspecified atom stereocenters. The van der Waals surface area contributed by atoms with E-state index in [1.807, 2.05) is 72.8 Å². The summed E-state index contributed by atoms with van der Waals surface area (Å²) in [5, 5.41) is 2.91. The minimum Gasteiger partial charge on any atom is -0.372 e. The van der Waals surface area contributed by atoms with Crippen molar-refractivity contribution in [2.24, 2.45) is 0 Å². The van der Waals surface area contributed by atoms with Crippen LogP contribution in [-0.4, -0.2) is 33.2 Å². The summed E-state index contributed by atoms with van der Waals surface area (Å²) in [5.74, 6) is -1.18. The van der Waals surface area contributed by atoms with E-state index in [1.165, 1.54) is 19.3 Å². The van der Waals surface area contributed by atoms with Gasteiger partial charge in [0.15, 0.2) is 0 Å². The van der Waals surface area contributed by atoms with Gasteiger partial charge in [0.1, 0.15) is 5.75 Å². The lowest BCUT2D eigenvalue weighted by atomic mass is 9.99. The molecule has 4 rings (SSSR count). The van der Waals surface area contributed by atoms with Gasteiger partial charge in [-0.2, -0.15) is 0 Å². The van der Waals surface area contributed by atoms with Crippen LogP contribution in [0.2, 0.25) is 0 Å². The molecule has 1 aliphatic rings. The number of anilines is 2. The summed E-state index contributed by atoms with van der Waals surface area (Å²) in [6.07, 6.45) is 4.18. The van der Waals surface area contributed by atoms with E-state index in [0.717, 1.165) is 29.9 Å². The zero-order valence-corrected chi connectivity index (χ0v) is 20.0. The Morgan fingerprint density at radius 1 is 0.824 bits per heavy atom. The first-order chi connectivity index (χ1) is 16.5. The summed E-state index contributed by atoms with van der Waals surface area (Å²) < 4.78 is 27.9. The molecule has 0 radical (unpaired) electrons. The standard InChI is InChI=1S/C27H31N3O3S/c31-27(28-26(23-12-6-2-7-13-23)20-22-10-4-1-5-11-22)21-34(32,33)29-24-14-16-25(17-15-24)30-18-8-3-9-19-30/h1-2,4-7,10-17,26,29H,3,8-9,18-21H2,(H,28,31). The maximum absolute atomic E-state index is 12.7. The molecule has 34 heavy (non-hydrogen) atoms. The van der Waals surface area contributed by atoms with Crippen molar-refractivity contribution in [2.45, 2.75) is 31.7 Å². The maximum Gasteiger partial charge on any atom is 0.241 e.